The van der Waals surface area contributed by atoms with Gasteiger partial charge in [0.15, 0.2) is 0 Å². The number of thiophene rings is 1. The summed E-state index contributed by atoms with van der Waals surface area (Å²) < 4.78 is 14.0. The fraction of sp³-hybridized carbons (Fsp3) is 0. The molecule has 134 valence electrons. The third kappa shape index (κ3) is 3.58. The number of aromatic nitrogens is 1. The Morgan fingerprint density at radius 3 is 2.26 bits per heavy atom. The maximum atomic E-state index is 12.9. The fourth-order valence-corrected chi connectivity index (χ4v) is 3.75. The Kier molecular flexibility index (Phi) is 4.43. The SMILES string of the molecule is Nc1nccc2scc(-c3ccc(NC(=O)Nc4ccc(F)cc4)cc3)c12. The number of nitrogens with zero attached hydrogens (tertiary/aromatic N) is 1. The molecule has 0 spiro atoms. The summed E-state index contributed by atoms with van der Waals surface area (Å²) in [6.07, 6.45) is 1.70. The molecule has 0 aliphatic carbocycles. The second-order valence-corrected chi connectivity index (χ2v) is 6.79. The lowest BCUT2D eigenvalue weighted by atomic mass is 10.1. The fourth-order valence-electron chi connectivity index (χ4n) is 2.78. The van der Waals surface area contributed by atoms with E-state index in [1.807, 2.05) is 35.7 Å². The molecule has 2 aromatic carbocycles. The standard InChI is InChI=1S/C20H15FN4OS/c21-13-3-7-15(8-4-13)25-20(26)24-14-5-1-12(2-6-14)16-11-27-17-9-10-23-19(22)18(16)17/h1-11H,(H2,22,23)(H2,24,25,26). The number of nitrogens with one attached hydrogen (secondary N) is 2. The minimum absolute atomic E-state index is 0.353. The molecule has 0 atom stereocenters. The topological polar surface area (TPSA) is 80.0 Å². The van der Waals surface area contributed by atoms with Crippen molar-refractivity contribution >= 4 is 44.6 Å². The minimum Gasteiger partial charge on any atom is -0.383 e. The van der Waals surface area contributed by atoms with Crippen LogP contribution < -0.4 is 16.4 Å². The van der Waals surface area contributed by atoms with Gasteiger partial charge in [0, 0.05) is 33.2 Å². The first-order valence-corrected chi connectivity index (χ1v) is 9.04. The number of carbonyl (C=O) groups excluding carboxylic acids is 1. The molecule has 5 nitrogen and oxygen atoms in total. The molecule has 0 unspecified atom stereocenters. The average molecular weight is 378 g/mol. The summed E-state index contributed by atoms with van der Waals surface area (Å²) >= 11 is 1.61. The van der Waals surface area contributed by atoms with E-state index in [4.69, 9.17) is 5.73 Å². The van der Waals surface area contributed by atoms with Crippen LogP contribution in [0.3, 0.4) is 0 Å². The van der Waals surface area contributed by atoms with Crippen molar-refractivity contribution in [3.8, 4) is 11.1 Å². The second kappa shape index (κ2) is 7.05. The molecule has 4 aromatic rings. The largest absolute Gasteiger partial charge is 0.383 e. The number of nitrogen functional groups attached to an aromatic ring is 1. The molecule has 27 heavy (non-hydrogen) atoms. The number of benzene rings is 2. The van der Waals surface area contributed by atoms with E-state index in [2.05, 4.69) is 15.6 Å². The number of halogens is 1. The van der Waals surface area contributed by atoms with Gasteiger partial charge in [0.25, 0.3) is 0 Å². The molecular formula is C20H15FN4OS. The number of fused-ring (bicyclic) bond motifs is 1. The predicted molar refractivity (Wildman–Crippen MR) is 109 cm³/mol. The van der Waals surface area contributed by atoms with Gasteiger partial charge in [0.1, 0.15) is 11.6 Å². The molecule has 0 bridgehead atoms. The van der Waals surface area contributed by atoms with Crippen LogP contribution in [0.15, 0.2) is 66.2 Å². The zero-order chi connectivity index (χ0) is 18.8. The van der Waals surface area contributed by atoms with Crippen LogP contribution in [0.5, 0.6) is 0 Å². The first-order valence-electron chi connectivity index (χ1n) is 8.16. The summed E-state index contributed by atoms with van der Waals surface area (Å²) in [6.45, 7) is 0. The van der Waals surface area contributed by atoms with Crippen molar-refractivity contribution in [2.24, 2.45) is 0 Å². The summed E-state index contributed by atoms with van der Waals surface area (Å²) in [4.78, 5) is 16.2. The van der Waals surface area contributed by atoms with Crippen LogP contribution in [-0.4, -0.2) is 11.0 Å². The van der Waals surface area contributed by atoms with E-state index >= 15 is 0 Å². The van der Waals surface area contributed by atoms with Crippen molar-refractivity contribution in [3.63, 3.8) is 0 Å². The number of urea groups is 1. The number of amides is 2. The zero-order valence-corrected chi connectivity index (χ0v) is 14.9. The Bertz CT molecular complexity index is 1110. The molecule has 2 heterocycles. The van der Waals surface area contributed by atoms with E-state index in [1.54, 1.807) is 17.5 Å². The van der Waals surface area contributed by atoms with Crippen molar-refractivity contribution in [3.05, 3.63) is 72.0 Å². The summed E-state index contributed by atoms with van der Waals surface area (Å²) in [5.74, 6) is 0.151. The zero-order valence-electron chi connectivity index (χ0n) is 14.1. The minimum atomic E-state index is -0.399. The highest BCUT2D eigenvalue weighted by atomic mass is 32.1. The number of rotatable bonds is 3. The lowest BCUT2D eigenvalue weighted by Gasteiger charge is -2.08. The number of carbonyl (C=O) groups is 1. The number of pyridine rings is 1. The Balaban J connectivity index is 1.50. The predicted octanol–water partition coefficient (Wildman–Crippen LogP) is 5.33. The number of anilines is 3. The molecule has 4 rings (SSSR count). The molecule has 0 radical (unpaired) electrons. The van der Waals surface area contributed by atoms with E-state index in [-0.39, 0.29) is 5.82 Å². The lowest BCUT2D eigenvalue weighted by Crippen LogP contribution is -2.19. The maximum Gasteiger partial charge on any atom is 0.323 e. The smallest absolute Gasteiger partial charge is 0.323 e. The molecule has 0 saturated carbocycles. The molecule has 2 aromatic heterocycles. The van der Waals surface area contributed by atoms with E-state index in [0.717, 1.165) is 21.2 Å². The van der Waals surface area contributed by atoms with Gasteiger partial charge in [-0.15, -0.1) is 11.3 Å². The van der Waals surface area contributed by atoms with Gasteiger partial charge in [-0.2, -0.15) is 0 Å². The van der Waals surface area contributed by atoms with Gasteiger partial charge in [0.2, 0.25) is 0 Å². The van der Waals surface area contributed by atoms with E-state index in [0.29, 0.717) is 17.2 Å². The van der Waals surface area contributed by atoms with Crippen LogP contribution in [0.2, 0.25) is 0 Å². The van der Waals surface area contributed by atoms with E-state index < -0.39 is 6.03 Å². The molecular weight excluding hydrogens is 363 g/mol. The van der Waals surface area contributed by atoms with Crippen molar-refractivity contribution in [1.82, 2.24) is 4.98 Å². The highest BCUT2D eigenvalue weighted by Gasteiger charge is 2.10. The first kappa shape index (κ1) is 17.0. The maximum absolute atomic E-state index is 12.9. The highest BCUT2D eigenvalue weighted by molar-refractivity contribution is 7.17. The number of hydrogen-bond donors (Lipinski definition) is 3. The number of nitrogens with two attached hydrogens (primary N) is 1. The van der Waals surface area contributed by atoms with E-state index in [9.17, 15) is 9.18 Å². The highest BCUT2D eigenvalue weighted by Crippen LogP contribution is 2.36. The van der Waals surface area contributed by atoms with Gasteiger partial charge in [-0.1, -0.05) is 12.1 Å². The summed E-state index contributed by atoms with van der Waals surface area (Å²) in [6, 6.07) is 14.6. The monoisotopic (exact) mass is 378 g/mol. The summed E-state index contributed by atoms with van der Waals surface area (Å²) in [5.41, 5.74) is 9.19. The Morgan fingerprint density at radius 2 is 1.59 bits per heavy atom. The molecule has 0 fully saturated rings. The van der Waals surface area contributed by atoms with Crippen LogP contribution in [-0.2, 0) is 0 Å². The van der Waals surface area contributed by atoms with Crippen LogP contribution >= 0.6 is 11.3 Å². The van der Waals surface area contributed by atoms with Crippen LogP contribution in [0.1, 0.15) is 0 Å². The Hall–Kier alpha value is -3.45. The molecule has 7 heteroatoms. The third-order valence-electron chi connectivity index (χ3n) is 4.07. The average Bonchev–Trinajstić information content (AvgIpc) is 3.10. The Morgan fingerprint density at radius 1 is 0.963 bits per heavy atom. The van der Waals surface area contributed by atoms with Crippen LogP contribution in [0, 0.1) is 5.82 Å². The van der Waals surface area contributed by atoms with Crippen molar-refractivity contribution < 1.29 is 9.18 Å². The molecule has 0 aliphatic rings. The summed E-state index contributed by atoms with van der Waals surface area (Å²) in [5, 5.41) is 8.39. The van der Waals surface area contributed by atoms with Gasteiger partial charge in [-0.3, -0.25) is 0 Å². The molecule has 2 amide bonds. The van der Waals surface area contributed by atoms with Crippen LogP contribution in [0.25, 0.3) is 21.2 Å². The Labute approximate surface area is 158 Å². The van der Waals surface area contributed by atoms with Crippen molar-refractivity contribution in [2.45, 2.75) is 0 Å². The molecule has 0 saturated heterocycles. The summed E-state index contributed by atoms with van der Waals surface area (Å²) in [7, 11) is 0. The van der Waals surface area contributed by atoms with Gasteiger partial charge in [-0.25, -0.2) is 14.2 Å². The number of hydrogen-bond acceptors (Lipinski definition) is 4. The van der Waals surface area contributed by atoms with Crippen LogP contribution in [0.4, 0.5) is 26.4 Å². The molecule has 4 N–H and O–H groups in total. The normalized spacial score (nSPS) is 10.7. The molecule has 0 aliphatic heterocycles. The van der Waals surface area contributed by atoms with Crippen molar-refractivity contribution in [2.75, 3.05) is 16.4 Å². The van der Waals surface area contributed by atoms with E-state index in [1.165, 1.54) is 24.3 Å². The van der Waals surface area contributed by atoms with Crippen molar-refractivity contribution in [1.29, 1.82) is 0 Å². The van der Waals surface area contributed by atoms with Gasteiger partial charge >= 0.3 is 6.03 Å². The second-order valence-electron chi connectivity index (χ2n) is 5.88. The van der Waals surface area contributed by atoms with Gasteiger partial charge < -0.3 is 16.4 Å². The van der Waals surface area contributed by atoms with Gasteiger partial charge in [-0.05, 0) is 53.4 Å². The quantitative estimate of drug-likeness (QED) is 0.451. The first-order chi connectivity index (χ1) is 13.1. The van der Waals surface area contributed by atoms with Gasteiger partial charge in [0.05, 0.1) is 0 Å². The third-order valence-corrected chi connectivity index (χ3v) is 5.02. The lowest BCUT2D eigenvalue weighted by molar-refractivity contribution is 0.262.